The average molecular weight is 850 g/mol. The second kappa shape index (κ2) is 23.2. The van der Waals surface area contributed by atoms with Gasteiger partial charge in [-0.3, -0.25) is 4.79 Å². The zero-order valence-corrected chi connectivity index (χ0v) is 38.6. The summed E-state index contributed by atoms with van der Waals surface area (Å²) in [6.07, 6.45) is 9.59. The molecule has 332 valence electrons. The first-order valence-corrected chi connectivity index (χ1v) is 22.5. The number of aromatic hydroxyl groups is 1. The van der Waals surface area contributed by atoms with E-state index in [0.29, 0.717) is 65.0 Å². The van der Waals surface area contributed by atoms with Crippen LogP contribution in [0.25, 0.3) is 16.7 Å². The van der Waals surface area contributed by atoms with Crippen LogP contribution in [-0.2, 0) is 22.2 Å². The Kier molecular flexibility index (Phi) is 18.8. The van der Waals surface area contributed by atoms with Gasteiger partial charge in [0, 0.05) is 48.7 Å². The first kappa shape index (κ1) is 48.6. The third-order valence-corrected chi connectivity index (χ3v) is 10.8. The molecule has 14 nitrogen and oxygen atoms in total. The maximum atomic E-state index is 13.3. The lowest BCUT2D eigenvalue weighted by Crippen LogP contribution is -2.42. The molecular weight excluding hydrogens is 776 g/mol. The third-order valence-electron chi connectivity index (χ3n) is 10.5. The quantitative estimate of drug-likeness (QED) is 0.0342. The summed E-state index contributed by atoms with van der Waals surface area (Å²) in [6, 6.07) is 9.72. The van der Waals surface area contributed by atoms with Crippen molar-refractivity contribution in [2.75, 3.05) is 49.5 Å². The molecule has 0 spiro atoms. The van der Waals surface area contributed by atoms with Gasteiger partial charge >= 0.3 is 0 Å². The number of aromatic nitrogens is 6. The number of fused-ring (bicyclic) bond motifs is 1. The summed E-state index contributed by atoms with van der Waals surface area (Å²) in [5.41, 5.74) is 8.25. The van der Waals surface area contributed by atoms with Crippen LogP contribution < -0.4 is 31.9 Å². The Morgan fingerprint density at radius 1 is 0.850 bits per heavy atom. The Morgan fingerprint density at radius 3 is 2.22 bits per heavy atom. The van der Waals surface area contributed by atoms with Crippen molar-refractivity contribution >= 4 is 40.4 Å². The molecule has 2 aromatic heterocycles. The van der Waals surface area contributed by atoms with E-state index in [4.69, 9.17) is 32.3 Å². The molecule has 0 fully saturated rings. The first-order valence-electron chi connectivity index (χ1n) is 22.1. The highest BCUT2D eigenvalue weighted by atomic mass is 35.5. The SMILES string of the molecule is CC(C)NCCCCCCNc1nc(N(CCNC(=O)CCc2cc(-n3nc4ccc(Cl)cc4n3)c(O)c(C(C)(C)C)c2)C(C)C)nc(C(C)(C)NCCCCCCN)n1. The van der Waals surface area contributed by atoms with Gasteiger partial charge in [-0.15, -0.1) is 15.0 Å². The predicted octanol–water partition coefficient (Wildman–Crippen LogP) is 7.54. The number of carbonyl (C=O) groups is 1. The lowest BCUT2D eigenvalue weighted by atomic mass is 9.84. The van der Waals surface area contributed by atoms with Gasteiger partial charge in [0.1, 0.15) is 22.5 Å². The highest BCUT2D eigenvalue weighted by Crippen LogP contribution is 2.36. The zero-order valence-electron chi connectivity index (χ0n) is 37.8. The van der Waals surface area contributed by atoms with Gasteiger partial charge in [0.05, 0.1) is 5.54 Å². The number of carbonyl (C=O) groups excluding carboxylic acids is 1. The van der Waals surface area contributed by atoms with Crippen molar-refractivity contribution in [3.05, 3.63) is 52.3 Å². The van der Waals surface area contributed by atoms with Crippen LogP contribution in [0.4, 0.5) is 11.9 Å². The Morgan fingerprint density at radius 2 is 1.53 bits per heavy atom. The number of benzene rings is 2. The lowest BCUT2D eigenvalue weighted by Gasteiger charge is -2.30. The van der Waals surface area contributed by atoms with E-state index in [1.54, 1.807) is 18.2 Å². The highest BCUT2D eigenvalue weighted by Gasteiger charge is 2.27. The van der Waals surface area contributed by atoms with Crippen molar-refractivity contribution in [1.29, 1.82) is 0 Å². The normalized spacial score (nSPS) is 12.2. The number of aryl methyl sites for hydroxylation is 1. The smallest absolute Gasteiger partial charge is 0.230 e. The van der Waals surface area contributed by atoms with E-state index < -0.39 is 5.54 Å². The molecule has 7 N–H and O–H groups in total. The summed E-state index contributed by atoms with van der Waals surface area (Å²) in [5, 5.41) is 34.9. The fraction of sp³-hybridized carbons (Fsp3) is 0.644. The third kappa shape index (κ3) is 15.1. The van der Waals surface area contributed by atoms with Crippen molar-refractivity contribution < 1.29 is 9.90 Å². The van der Waals surface area contributed by atoms with Gasteiger partial charge in [0.15, 0.2) is 5.82 Å². The van der Waals surface area contributed by atoms with Crippen molar-refractivity contribution in [2.24, 2.45) is 5.73 Å². The number of nitrogens with one attached hydrogen (secondary N) is 4. The van der Waals surface area contributed by atoms with Crippen LogP contribution in [0.15, 0.2) is 30.3 Å². The molecule has 2 aromatic carbocycles. The molecule has 2 heterocycles. The van der Waals surface area contributed by atoms with Gasteiger partial charge in [0.25, 0.3) is 0 Å². The number of unbranched alkanes of at least 4 members (excludes halogenated alkanes) is 6. The van der Waals surface area contributed by atoms with Gasteiger partial charge in [-0.05, 0) is 115 Å². The molecule has 1 amide bonds. The van der Waals surface area contributed by atoms with Gasteiger partial charge in [0.2, 0.25) is 17.8 Å². The van der Waals surface area contributed by atoms with Crippen molar-refractivity contribution in [3.8, 4) is 11.4 Å². The standard InChI is InChI=1S/C45H73ClN12O2/c1-31(2)48-23-15-12-13-16-24-50-42-52-41(45(8,9)51-25-17-11-10-14-22-47)53-43(54-42)57(32(3)4)27-26-49-39(59)21-18-33-28-35(44(5,6)7)40(60)38(29-33)58-55-36-20-19-34(46)30-37(36)56-58/h19-20,28-32,48,51,60H,10-18,21-27,47H2,1-9H3,(H,49,59)(H,50,52,53,54). The number of nitrogens with zero attached hydrogens (tertiary/aromatic N) is 7. The number of phenolic OH excluding ortho intramolecular Hbond substituents is 1. The number of nitrogens with two attached hydrogens (primary N) is 1. The van der Waals surface area contributed by atoms with E-state index >= 15 is 0 Å². The van der Waals surface area contributed by atoms with Gasteiger partial charge in [-0.1, -0.05) is 78.0 Å². The van der Waals surface area contributed by atoms with Crippen LogP contribution in [0, 0.1) is 0 Å². The molecule has 0 saturated carbocycles. The maximum Gasteiger partial charge on any atom is 0.230 e. The van der Waals surface area contributed by atoms with E-state index in [-0.39, 0.29) is 29.5 Å². The average Bonchev–Trinajstić information content (AvgIpc) is 3.60. The Labute approximate surface area is 363 Å². The monoisotopic (exact) mass is 849 g/mol. The van der Waals surface area contributed by atoms with E-state index in [2.05, 4.69) is 77.9 Å². The summed E-state index contributed by atoms with van der Waals surface area (Å²) in [5.74, 6) is 1.86. The molecule has 60 heavy (non-hydrogen) atoms. The molecule has 4 aromatic rings. The minimum atomic E-state index is -0.488. The second-order valence-corrected chi connectivity index (χ2v) is 18.4. The van der Waals surface area contributed by atoms with Crippen LogP contribution >= 0.6 is 11.6 Å². The molecule has 4 rings (SSSR count). The van der Waals surface area contributed by atoms with Crippen LogP contribution in [0.5, 0.6) is 5.75 Å². The number of phenols is 1. The summed E-state index contributed by atoms with van der Waals surface area (Å²) < 4.78 is 0. The summed E-state index contributed by atoms with van der Waals surface area (Å²) >= 11 is 6.20. The Balaban J connectivity index is 1.43. The second-order valence-electron chi connectivity index (χ2n) is 18.0. The van der Waals surface area contributed by atoms with Crippen LogP contribution in [0.3, 0.4) is 0 Å². The van der Waals surface area contributed by atoms with Crippen molar-refractivity contribution in [2.45, 2.75) is 150 Å². The fourth-order valence-electron chi connectivity index (χ4n) is 6.94. The molecule has 0 saturated heterocycles. The number of anilines is 2. The number of hydrogen-bond acceptors (Lipinski definition) is 12. The number of hydrogen-bond donors (Lipinski definition) is 6. The van der Waals surface area contributed by atoms with Gasteiger partial charge < -0.3 is 37.0 Å². The van der Waals surface area contributed by atoms with Gasteiger partial charge in [-0.2, -0.15) is 15.0 Å². The maximum absolute atomic E-state index is 13.3. The fourth-order valence-corrected chi connectivity index (χ4v) is 7.11. The largest absolute Gasteiger partial charge is 0.505 e. The molecule has 0 bridgehead atoms. The predicted molar refractivity (Wildman–Crippen MR) is 247 cm³/mol. The first-order chi connectivity index (χ1) is 28.5. The molecule has 0 aliphatic heterocycles. The molecule has 0 aliphatic rings. The number of halogens is 1. The van der Waals surface area contributed by atoms with Gasteiger partial charge in [-0.25, -0.2) is 0 Å². The van der Waals surface area contributed by atoms with E-state index in [1.165, 1.54) is 11.2 Å². The minimum absolute atomic E-state index is 0.0675. The summed E-state index contributed by atoms with van der Waals surface area (Å²) in [4.78, 5) is 31.8. The van der Waals surface area contributed by atoms with Crippen LogP contribution in [0.2, 0.25) is 5.02 Å². The Hall–Kier alpha value is -4.11. The molecular formula is C45H73ClN12O2. The van der Waals surface area contributed by atoms with E-state index in [1.807, 2.05) is 32.9 Å². The molecule has 0 unspecified atom stereocenters. The van der Waals surface area contributed by atoms with Crippen LogP contribution in [0.1, 0.15) is 137 Å². The summed E-state index contributed by atoms with van der Waals surface area (Å²) in [6.45, 7) is 23.3. The van der Waals surface area contributed by atoms with Crippen LogP contribution in [-0.4, -0.2) is 92.3 Å². The number of amides is 1. The molecule has 0 aliphatic carbocycles. The Bertz CT molecular complexity index is 1940. The summed E-state index contributed by atoms with van der Waals surface area (Å²) in [7, 11) is 0. The van der Waals surface area contributed by atoms with E-state index in [0.717, 1.165) is 82.3 Å². The van der Waals surface area contributed by atoms with Crippen molar-refractivity contribution in [3.63, 3.8) is 0 Å². The zero-order chi connectivity index (χ0) is 43.9. The molecule has 0 atom stereocenters. The van der Waals surface area contributed by atoms with Crippen molar-refractivity contribution in [1.82, 2.24) is 45.9 Å². The highest BCUT2D eigenvalue weighted by molar-refractivity contribution is 6.31. The molecule has 0 radical (unpaired) electrons. The number of rotatable bonds is 26. The minimum Gasteiger partial charge on any atom is -0.505 e. The molecule has 15 heteroatoms. The lowest BCUT2D eigenvalue weighted by molar-refractivity contribution is -0.121. The van der Waals surface area contributed by atoms with E-state index in [9.17, 15) is 9.90 Å². The topological polar surface area (TPSA) is 184 Å².